The van der Waals surface area contributed by atoms with Crippen LogP contribution in [0.3, 0.4) is 0 Å². The molecule has 11 heavy (non-hydrogen) atoms. The summed E-state index contributed by atoms with van der Waals surface area (Å²) in [4.78, 5) is 2.15. The van der Waals surface area contributed by atoms with Gasteiger partial charge in [-0.3, -0.25) is 0 Å². The molecule has 0 radical (unpaired) electrons. The predicted octanol–water partition coefficient (Wildman–Crippen LogP) is 0.627. The molecule has 0 aliphatic carbocycles. The number of nitrogens with two attached hydrogens (primary N) is 1. The second-order valence-corrected chi connectivity index (χ2v) is 3.73. The predicted molar refractivity (Wildman–Crippen MR) is 44.2 cm³/mol. The van der Waals surface area contributed by atoms with Gasteiger partial charge >= 0.3 is 0 Å². The van der Waals surface area contributed by atoms with Crippen LogP contribution in [0.1, 0.15) is 13.3 Å². The largest absolute Gasteiger partial charge is 0.330 e. The van der Waals surface area contributed by atoms with Crippen molar-refractivity contribution < 1.29 is 4.39 Å². The fraction of sp³-hybridized carbons (Fsp3) is 1.00. The summed E-state index contributed by atoms with van der Waals surface area (Å²) in [6.07, 6.45) is 1.11. The molecule has 1 heterocycles. The van der Waals surface area contributed by atoms with E-state index in [4.69, 9.17) is 5.73 Å². The smallest absolute Gasteiger partial charge is 0.102 e. The number of nitrogens with zero attached hydrogens (tertiary/aromatic N) is 1. The van der Waals surface area contributed by atoms with Crippen LogP contribution in [0, 0.1) is 5.41 Å². The molecule has 1 atom stereocenters. The summed E-state index contributed by atoms with van der Waals surface area (Å²) in [7, 11) is 0. The molecule has 0 saturated carbocycles. The molecule has 1 unspecified atom stereocenters. The van der Waals surface area contributed by atoms with Crippen molar-refractivity contribution in [2.24, 2.45) is 11.1 Å². The highest BCUT2D eigenvalue weighted by Crippen LogP contribution is 2.27. The third-order valence-electron chi connectivity index (χ3n) is 2.53. The van der Waals surface area contributed by atoms with Gasteiger partial charge in [0.15, 0.2) is 0 Å². The van der Waals surface area contributed by atoms with Gasteiger partial charge in [0.2, 0.25) is 0 Å². The molecule has 1 rings (SSSR count). The molecule has 3 heteroatoms. The molecule has 0 spiro atoms. The topological polar surface area (TPSA) is 29.3 Å². The fourth-order valence-electron chi connectivity index (χ4n) is 1.60. The summed E-state index contributed by atoms with van der Waals surface area (Å²) >= 11 is 0. The van der Waals surface area contributed by atoms with Gasteiger partial charge in [-0.1, -0.05) is 6.92 Å². The molecule has 1 fully saturated rings. The Hall–Kier alpha value is -0.150. The van der Waals surface area contributed by atoms with E-state index >= 15 is 0 Å². The Bertz CT molecular complexity index is 129. The molecule has 0 aromatic rings. The highest BCUT2D eigenvalue weighted by Gasteiger charge is 2.31. The minimum Gasteiger partial charge on any atom is -0.330 e. The lowest BCUT2D eigenvalue weighted by Gasteiger charge is -2.21. The van der Waals surface area contributed by atoms with Crippen molar-refractivity contribution in [3.63, 3.8) is 0 Å². The first-order valence-corrected chi connectivity index (χ1v) is 4.18. The number of hydrogen-bond acceptors (Lipinski definition) is 2. The van der Waals surface area contributed by atoms with Crippen LogP contribution in [0.25, 0.3) is 0 Å². The number of halogens is 1. The zero-order valence-electron chi connectivity index (χ0n) is 7.15. The summed E-state index contributed by atoms with van der Waals surface area (Å²) in [6.45, 7) is 5.21. The number of rotatable bonds is 3. The molecule has 66 valence electrons. The molecular weight excluding hydrogens is 143 g/mol. The Balaban J connectivity index is 2.33. The first-order chi connectivity index (χ1) is 5.20. The van der Waals surface area contributed by atoms with E-state index in [1.54, 1.807) is 0 Å². The average Bonchev–Trinajstić information content (AvgIpc) is 2.35. The Morgan fingerprint density at radius 1 is 1.64 bits per heavy atom. The van der Waals surface area contributed by atoms with Gasteiger partial charge in [-0.15, -0.1) is 0 Å². The van der Waals surface area contributed by atoms with Crippen molar-refractivity contribution >= 4 is 0 Å². The summed E-state index contributed by atoms with van der Waals surface area (Å²) in [5.41, 5.74) is 5.85. The summed E-state index contributed by atoms with van der Waals surface area (Å²) in [5, 5.41) is 0. The Labute approximate surface area is 67.6 Å². The first-order valence-electron chi connectivity index (χ1n) is 4.18. The number of likely N-dealkylation sites (tertiary alicyclic amines) is 1. The van der Waals surface area contributed by atoms with Crippen molar-refractivity contribution in [3.05, 3.63) is 0 Å². The summed E-state index contributed by atoms with van der Waals surface area (Å²) in [5.74, 6) is 0. The number of hydrogen-bond donors (Lipinski definition) is 1. The normalized spacial score (nSPS) is 33.0. The molecular formula is C8H17FN2. The second-order valence-electron chi connectivity index (χ2n) is 3.73. The Morgan fingerprint density at radius 2 is 2.36 bits per heavy atom. The molecule has 0 amide bonds. The van der Waals surface area contributed by atoms with Crippen LogP contribution in [-0.2, 0) is 0 Å². The lowest BCUT2D eigenvalue weighted by molar-refractivity contribution is 0.259. The van der Waals surface area contributed by atoms with E-state index in [9.17, 15) is 4.39 Å². The second kappa shape index (κ2) is 3.50. The van der Waals surface area contributed by atoms with Crippen LogP contribution in [0.2, 0.25) is 0 Å². The summed E-state index contributed by atoms with van der Waals surface area (Å²) < 4.78 is 11.9. The van der Waals surface area contributed by atoms with Crippen molar-refractivity contribution in [1.82, 2.24) is 4.90 Å². The molecule has 2 N–H and O–H groups in total. The molecule has 2 nitrogen and oxygen atoms in total. The minimum atomic E-state index is -0.235. The van der Waals surface area contributed by atoms with Crippen molar-refractivity contribution in [1.29, 1.82) is 0 Å². The standard InChI is InChI=1S/C8H17FN2/c1-8(6-10)2-4-11(7-8)5-3-9/h2-7,10H2,1H3. The van der Waals surface area contributed by atoms with Gasteiger partial charge in [0.25, 0.3) is 0 Å². The molecule has 1 saturated heterocycles. The zero-order chi connectivity index (χ0) is 8.32. The van der Waals surface area contributed by atoms with Crippen LogP contribution in [-0.4, -0.2) is 37.8 Å². The van der Waals surface area contributed by atoms with Crippen LogP contribution < -0.4 is 5.73 Å². The van der Waals surface area contributed by atoms with Crippen molar-refractivity contribution in [2.75, 3.05) is 32.9 Å². The van der Waals surface area contributed by atoms with Crippen LogP contribution in [0.4, 0.5) is 4.39 Å². The monoisotopic (exact) mass is 160 g/mol. The molecule has 0 bridgehead atoms. The van der Waals surface area contributed by atoms with Gasteiger partial charge in [0.05, 0.1) is 0 Å². The van der Waals surface area contributed by atoms with E-state index in [-0.39, 0.29) is 12.1 Å². The van der Waals surface area contributed by atoms with Gasteiger partial charge in [0, 0.05) is 13.1 Å². The lowest BCUT2D eigenvalue weighted by atomic mass is 9.90. The van der Waals surface area contributed by atoms with E-state index in [1.807, 2.05) is 0 Å². The van der Waals surface area contributed by atoms with Gasteiger partial charge in [-0.25, -0.2) is 4.39 Å². The molecule has 0 aromatic heterocycles. The van der Waals surface area contributed by atoms with E-state index in [0.717, 1.165) is 26.1 Å². The van der Waals surface area contributed by atoms with E-state index in [0.29, 0.717) is 6.54 Å². The third-order valence-corrected chi connectivity index (χ3v) is 2.53. The average molecular weight is 160 g/mol. The maximum Gasteiger partial charge on any atom is 0.102 e. The Kier molecular flexibility index (Phi) is 2.84. The quantitative estimate of drug-likeness (QED) is 0.656. The molecule has 1 aliphatic rings. The van der Waals surface area contributed by atoms with Crippen LogP contribution in [0.5, 0.6) is 0 Å². The maximum absolute atomic E-state index is 11.9. The third kappa shape index (κ3) is 2.14. The van der Waals surface area contributed by atoms with Crippen LogP contribution >= 0.6 is 0 Å². The number of alkyl halides is 1. The minimum absolute atomic E-state index is 0.235. The van der Waals surface area contributed by atoms with E-state index in [2.05, 4.69) is 11.8 Å². The highest BCUT2D eigenvalue weighted by atomic mass is 19.1. The fourth-order valence-corrected chi connectivity index (χ4v) is 1.60. The van der Waals surface area contributed by atoms with Gasteiger partial charge in [0.1, 0.15) is 6.67 Å². The summed E-state index contributed by atoms with van der Waals surface area (Å²) in [6, 6.07) is 0. The molecule has 0 aromatic carbocycles. The van der Waals surface area contributed by atoms with Gasteiger partial charge < -0.3 is 10.6 Å². The Morgan fingerprint density at radius 3 is 2.82 bits per heavy atom. The molecule has 1 aliphatic heterocycles. The van der Waals surface area contributed by atoms with Crippen LogP contribution in [0.15, 0.2) is 0 Å². The van der Waals surface area contributed by atoms with Gasteiger partial charge in [-0.05, 0) is 24.9 Å². The zero-order valence-corrected chi connectivity index (χ0v) is 7.15. The SMILES string of the molecule is CC1(CN)CCN(CCF)C1. The van der Waals surface area contributed by atoms with Gasteiger partial charge in [-0.2, -0.15) is 0 Å². The lowest BCUT2D eigenvalue weighted by Crippen LogP contribution is -2.32. The van der Waals surface area contributed by atoms with Crippen molar-refractivity contribution in [2.45, 2.75) is 13.3 Å². The van der Waals surface area contributed by atoms with Crippen molar-refractivity contribution in [3.8, 4) is 0 Å². The van der Waals surface area contributed by atoms with E-state index < -0.39 is 0 Å². The first kappa shape index (κ1) is 8.94. The highest BCUT2D eigenvalue weighted by molar-refractivity contribution is 4.86. The van der Waals surface area contributed by atoms with E-state index in [1.165, 1.54) is 0 Å². The maximum atomic E-state index is 11.9.